The summed E-state index contributed by atoms with van der Waals surface area (Å²) in [6.07, 6.45) is 3.05. The molecule has 29 heavy (non-hydrogen) atoms. The van der Waals surface area contributed by atoms with Gasteiger partial charge in [0.15, 0.2) is 0 Å². The fourth-order valence-electron chi connectivity index (χ4n) is 3.75. The van der Waals surface area contributed by atoms with E-state index < -0.39 is 6.04 Å². The Morgan fingerprint density at radius 3 is 2.48 bits per heavy atom. The van der Waals surface area contributed by atoms with Gasteiger partial charge in [0.1, 0.15) is 11.7 Å². The Bertz CT molecular complexity index is 1180. The van der Waals surface area contributed by atoms with Crippen molar-refractivity contribution in [2.24, 2.45) is 7.05 Å². The average Bonchev–Trinajstić information content (AvgIpc) is 3.12. The van der Waals surface area contributed by atoms with Crippen LogP contribution in [-0.4, -0.2) is 20.0 Å². The van der Waals surface area contributed by atoms with Gasteiger partial charge < -0.3 is 9.13 Å². The van der Waals surface area contributed by atoms with Gasteiger partial charge in [0.2, 0.25) is 0 Å². The van der Waals surface area contributed by atoms with Crippen molar-refractivity contribution in [1.82, 2.24) is 14.1 Å². The number of hydrogen-bond donors (Lipinski definition) is 0. The minimum Gasteiger partial charge on any atom is -0.334 e. The first kappa shape index (κ1) is 20.2. The van der Waals surface area contributed by atoms with Crippen LogP contribution in [0.1, 0.15) is 47.7 Å². The highest BCUT2D eigenvalue weighted by Crippen LogP contribution is 2.44. The number of rotatable bonds is 3. The number of carbonyl (C=O) groups excluding carboxylic acids is 1. The van der Waals surface area contributed by atoms with Crippen LogP contribution in [0.5, 0.6) is 0 Å². The van der Waals surface area contributed by atoms with Crippen molar-refractivity contribution < 1.29 is 4.79 Å². The Kier molecular flexibility index (Phi) is 5.09. The first-order valence-electron chi connectivity index (χ1n) is 8.92. The second-order valence-electron chi connectivity index (χ2n) is 7.17. The molecule has 4 rings (SSSR count). The molecule has 0 bridgehead atoms. The van der Waals surface area contributed by atoms with Crippen LogP contribution in [0.25, 0.3) is 0 Å². The number of carbonyl (C=O) groups is 1. The Hall–Kier alpha value is -2.09. The Balaban J connectivity index is 2.02. The first-order valence-corrected chi connectivity index (χ1v) is 10.5. The fourth-order valence-corrected chi connectivity index (χ4v) is 4.94. The lowest BCUT2D eigenvalue weighted by Gasteiger charge is -2.27. The van der Waals surface area contributed by atoms with Crippen LogP contribution in [0.4, 0.5) is 5.69 Å². The maximum absolute atomic E-state index is 13.5. The van der Waals surface area contributed by atoms with E-state index in [4.69, 9.17) is 23.2 Å². The highest BCUT2D eigenvalue weighted by molar-refractivity contribution is 9.10. The number of nitrogens with zero attached hydrogens (tertiary/aromatic N) is 4. The van der Waals surface area contributed by atoms with E-state index in [1.807, 2.05) is 18.4 Å². The molecule has 1 amide bonds. The predicted octanol–water partition coefficient (Wildman–Crippen LogP) is 4.98. The highest BCUT2D eigenvalue weighted by Gasteiger charge is 2.44. The molecule has 0 saturated heterocycles. The van der Waals surface area contributed by atoms with Crippen molar-refractivity contribution in [1.29, 1.82) is 0 Å². The van der Waals surface area contributed by atoms with E-state index in [0.717, 1.165) is 10.3 Å². The lowest BCUT2D eigenvalue weighted by atomic mass is 10.1. The van der Waals surface area contributed by atoms with Gasteiger partial charge in [-0.2, -0.15) is 0 Å². The van der Waals surface area contributed by atoms with Gasteiger partial charge in [-0.05, 0) is 54.0 Å². The molecule has 1 unspecified atom stereocenters. The summed E-state index contributed by atoms with van der Waals surface area (Å²) >= 11 is 15.8. The van der Waals surface area contributed by atoms with Crippen LogP contribution >= 0.6 is 39.1 Å². The molecule has 0 aliphatic carbocycles. The van der Waals surface area contributed by atoms with Gasteiger partial charge in [-0.25, -0.2) is 0 Å². The van der Waals surface area contributed by atoms with Gasteiger partial charge in [0.05, 0.1) is 31.6 Å². The molecule has 0 spiro atoms. The summed E-state index contributed by atoms with van der Waals surface area (Å²) in [5.41, 5.74) is 1.79. The Labute approximate surface area is 185 Å². The lowest BCUT2D eigenvalue weighted by Crippen LogP contribution is -2.36. The topological polar surface area (TPSA) is 60.1 Å². The predicted molar refractivity (Wildman–Crippen MR) is 117 cm³/mol. The van der Waals surface area contributed by atoms with E-state index in [1.165, 1.54) is 27.9 Å². The van der Waals surface area contributed by atoms with Gasteiger partial charge >= 0.3 is 0 Å². The third kappa shape index (κ3) is 3.21. The van der Waals surface area contributed by atoms with Crippen molar-refractivity contribution in [2.45, 2.75) is 25.9 Å². The molecule has 1 atom stereocenters. The summed E-state index contributed by atoms with van der Waals surface area (Å²) in [5.74, 6) is -0.277. The molecule has 1 aliphatic heterocycles. The second-order valence-corrected chi connectivity index (χ2v) is 8.85. The normalized spacial score (nSPS) is 16.0. The molecule has 1 aliphatic rings. The number of halogens is 3. The zero-order valence-corrected chi connectivity index (χ0v) is 19.0. The van der Waals surface area contributed by atoms with E-state index in [2.05, 4.69) is 20.9 Å². The van der Waals surface area contributed by atoms with E-state index in [0.29, 0.717) is 21.3 Å². The Morgan fingerprint density at radius 1 is 1.14 bits per heavy atom. The monoisotopic (exact) mass is 494 g/mol. The van der Waals surface area contributed by atoms with E-state index in [1.54, 1.807) is 25.2 Å². The summed E-state index contributed by atoms with van der Waals surface area (Å²) in [7, 11) is 1.60. The molecule has 3 aromatic rings. The lowest BCUT2D eigenvalue weighted by molar-refractivity contribution is 0.0993. The third-order valence-electron chi connectivity index (χ3n) is 4.93. The van der Waals surface area contributed by atoms with E-state index in [9.17, 15) is 9.59 Å². The highest BCUT2D eigenvalue weighted by atomic mass is 79.9. The molecular weight excluding hydrogens is 479 g/mol. The number of pyridine rings is 2. The molecular formula is C20H17BrCl2N4O2. The van der Waals surface area contributed by atoms with Gasteiger partial charge in [0, 0.05) is 25.5 Å². The third-order valence-corrected chi connectivity index (χ3v) is 5.97. The summed E-state index contributed by atoms with van der Waals surface area (Å²) in [6.45, 7) is 4.06. The molecule has 0 aromatic carbocycles. The van der Waals surface area contributed by atoms with Crippen molar-refractivity contribution >= 4 is 50.7 Å². The zero-order chi connectivity index (χ0) is 21.0. The molecule has 3 aromatic heterocycles. The van der Waals surface area contributed by atoms with Crippen LogP contribution in [-0.2, 0) is 7.05 Å². The summed E-state index contributed by atoms with van der Waals surface area (Å²) in [5, 5.41) is 0.853. The van der Waals surface area contributed by atoms with Gasteiger partial charge in [-0.15, -0.1) is 0 Å². The van der Waals surface area contributed by atoms with Crippen molar-refractivity contribution in [3.63, 3.8) is 0 Å². The second kappa shape index (κ2) is 7.31. The van der Waals surface area contributed by atoms with Crippen LogP contribution in [0.3, 0.4) is 0 Å². The van der Waals surface area contributed by atoms with Crippen LogP contribution in [0.15, 0.2) is 46.1 Å². The summed E-state index contributed by atoms with van der Waals surface area (Å²) in [4.78, 5) is 32.3. The van der Waals surface area contributed by atoms with E-state index >= 15 is 0 Å². The fraction of sp³-hybridized carbons (Fsp3) is 0.250. The standard InChI is InChI=1S/C20H17BrCl2N4O2/c1-10(2)26-16(21)7-13-17(26)18(14-5-4-11(22)8-24-14)27(19(13)28)15-6-12(23)9-25(3)20(15)29/h4-10,18H,1-3H3. The molecule has 0 N–H and O–H groups in total. The quantitative estimate of drug-likeness (QED) is 0.514. The minimum absolute atomic E-state index is 0.0814. The van der Waals surface area contributed by atoms with Gasteiger partial charge in [-0.1, -0.05) is 23.2 Å². The van der Waals surface area contributed by atoms with Crippen molar-refractivity contribution in [3.8, 4) is 0 Å². The van der Waals surface area contributed by atoms with E-state index in [-0.39, 0.29) is 23.2 Å². The molecule has 0 radical (unpaired) electrons. The van der Waals surface area contributed by atoms with Gasteiger partial charge in [-0.3, -0.25) is 19.5 Å². The number of fused-ring (bicyclic) bond motifs is 1. The zero-order valence-electron chi connectivity index (χ0n) is 15.9. The summed E-state index contributed by atoms with van der Waals surface area (Å²) < 4.78 is 4.19. The van der Waals surface area contributed by atoms with Crippen LogP contribution in [0.2, 0.25) is 10.0 Å². The molecule has 9 heteroatoms. The Morgan fingerprint density at radius 2 is 1.86 bits per heavy atom. The minimum atomic E-state index is -0.588. The number of aromatic nitrogens is 3. The smallest absolute Gasteiger partial charge is 0.274 e. The van der Waals surface area contributed by atoms with Crippen LogP contribution in [0, 0.1) is 0 Å². The largest absolute Gasteiger partial charge is 0.334 e. The molecule has 0 saturated carbocycles. The number of aryl methyl sites for hydroxylation is 1. The first-order chi connectivity index (χ1) is 13.7. The molecule has 4 heterocycles. The number of amides is 1. The number of anilines is 1. The average molecular weight is 496 g/mol. The summed E-state index contributed by atoms with van der Waals surface area (Å²) in [6, 6.07) is 6.29. The maximum Gasteiger partial charge on any atom is 0.274 e. The van der Waals surface area contributed by atoms with Crippen molar-refractivity contribution in [2.75, 3.05) is 4.90 Å². The SMILES string of the molecule is CC(C)n1c(Br)cc2c1C(c1ccc(Cl)cn1)N(c1cc(Cl)cn(C)c1=O)C2=O. The van der Waals surface area contributed by atoms with Crippen LogP contribution < -0.4 is 10.5 Å². The number of hydrogen-bond acceptors (Lipinski definition) is 3. The molecule has 150 valence electrons. The van der Waals surface area contributed by atoms with Crippen molar-refractivity contribution in [3.05, 3.63) is 78.6 Å². The van der Waals surface area contributed by atoms with Gasteiger partial charge in [0.25, 0.3) is 11.5 Å². The molecule has 0 fully saturated rings. The molecule has 6 nitrogen and oxygen atoms in total. The maximum atomic E-state index is 13.5.